The van der Waals surface area contributed by atoms with Crippen LogP contribution in [0.2, 0.25) is 0 Å². The highest BCUT2D eigenvalue weighted by molar-refractivity contribution is 5.44. The van der Waals surface area contributed by atoms with Gasteiger partial charge in [-0.05, 0) is 37.6 Å². The fourth-order valence-corrected chi connectivity index (χ4v) is 1.12. The second-order valence-corrected chi connectivity index (χ2v) is 3.37. The van der Waals surface area contributed by atoms with Crippen LogP contribution in [0.4, 0.5) is 0 Å². The molecule has 0 saturated heterocycles. The molecular weight excluding hydrogens is 172 g/mol. The number of nitrogens with one attached hydrogen (secondary N) is 1. The molecule has 2 heteroatoms. The van der Waals surface area contributed by atoms with E-state index in [1.807, 2.05) is 25.3 Å². The van der Waals surface area contributed by atoms with Crippen molar-refractivity contribution in [1.29, 1.82) is 0 Å². The molecule has 0 bridgehead atoms. The number of hydrogen-bond donors (Lipinski definition) is 1. The van der Waals surface area contributed by atoms with Gasteiger partial charge in [0, 0.05) is 12.7 Å². The first-order chi connectivity index (χ1) is 6.83. The van der Waals surface area contributed by atoms with Crippen LogP contribution in [0, 0.1) is 6.92 Å². The van der Waals surface area contributed by atoms with Crippen LogP contribution in [0.15, 0.2) is 24.4 Å². The first-order valence-electron chi connectivity index (χ1n) is 5.13. The van der Waals surface area contributed by atoms with Gasteiger partial charge in [0.15, 0.2) is 0 Å². The average Bonchev–Trinajstić information content (AvgIpc) is 2.21. The van der Waals surface area contributed by atoms with Gasteiger partial charge in [-0.1, -0.05) is 19.1 Å². The zero-order chi connectivity index (χ0) is 10.2. The molecule has 0 atom stereocenters. The molecule has 1 rings (SSSR count). The zero-order valence-electron chi connectivity index (χ0n) is 8.96. The SMILES string of the molecule is CCCNC/C=C/c1ccc(C)cn1. The van der Waals surface area contributed by atoms with E-state index in [0.717, 1.165) is 18.8 Å². The summed E-state index contributed by atoms with van der Waals surface area (Å²) < 4.78 is 0. The van der Waals surface area contributed by atoms with Gasteiger partial charge in [0.05, 0.1) is 5.69 Å². The van der Waals surface area contributed by atoms with Crippen molar-refractivity contribution in [1.82, 2.24) is 10.3 Å². The molecule has 0 unspecified atom stereocenters. The maximum atomic E-state index is 4.28. The van der Waals surface area contributed by atoms with E-state index in [9.17, 15) is 0 Å². The smallest absolute Gasteiger partial charge is 0.0627 e. The average molecular weight is 190 g/mol. The van der Waals surface area contributed by atoms with Crippen LogP contribution < -0.4 is 5.32 Å². The molecule has 1 aromatic rings. The van der Waals surface area contributed by atoms with Crippen molar-refractivity contribution in [3.63, 3.8) is 0 Å². The summed E-state index contributed by atoms with van der Waals surface area (Å²) >= 11 is 0. The molecule has 76 valence electrons. The highest BCUT2D eigenvalue weighted by Crippen LogP contribution is 1.99. The highest BCUT2D eigenvalue weighted by atomic mass is 14.8. The maximum absolute atomic E-state index is 4.28. The van der Waals surface area contributed by atoms with Crippen LogP contribution in [0.1, 0.15) is 24.6 Å². The Labute approximate surface area is 86.1 Å². The van der Waals surface area contributed by atoms with Crippen molar-refractivity contribution in [2.24, 2.45) is 0 Å². The summed E-state index contributed by atoms with van der Waals surface area (Å²) in [5.74, 6) is 0. The third-order valence-electron chi connectivity index (χ3n) is 1.91. The lowest BCUT2D eigenvalue weighted by Gasteiger charge is -1.96. The third-order valence-corrected chi connectivity index (χ3v) is 1.91. The number of aryl methyl sites for hydroxylation is 1. The van der Waals surface area contributed by atoms with Crippen LogP contribution in [-0.4, -0.2) is 18.1 Å². The van der Waals surface area contributed by atoms with Crippen LogP contribution in [0.25, 0.3) is 6.08 Å². The van der Waals surface area contributed by atoms with E-state index >= 15 is 0 Å². The summed E-state index contributed by atoms with van der Waals surface area (Å²) in [4.78, 5) is 4.28. The molecule has 0 fully saturated rings. The van der Waals surface area contributed by atoms with Crippen molar-refractivity contribution >= 4 is 6.08 Å². The molecule has 2 nitrogen and oxygen atoms in total. The van der Waals surface area contributed by atoms with Gasteiger partial charge >= 0.3 is 0 Å². The molecule has 14 heavy (non-hydrogen) atoms. The largest absolute Gasteiger partial charge is 0.313 e. The van der Waals surface area contributed by atoms with Gasteiger partial charge in [-0.3, -0.25) is 4.98 Å². The van der Waals surface area contributed by atoms with Gasteiger partial charge in [-0.15, -0.1) is 0 Å². The Morgan fingerprint density at radius 3 is 2.93 bits per heavy atom. The number of hydrogen-bond acceptors (Lipinski definition) is 2. The number of nitrogens with zero attached hydrogens (tertiary/aromatic N) is 1. The fraction of sp³-hybridized carbons (Fsp3) is 0.417. The van der Waals surface area contributed by atoms with Crippen molar-refractivity contribution in [2.45, 2.75) is 20.3 Å². The minimum atomic E-state index is 0.920. The fourth-order valence-electron chi connectivity index (χ4n) is 1.12. The predicted octanol–water partition coefficient (Wildman–Crippen LogP) is 2.40. The van der Waals surface area contributed by atoms with Crippen molar-refractivity contribution in [3.05, 3.63) is 35.7 Å². The Kier molecular flexibility index (Phi) is 4.94. The first-order valence-corrected chi connectivity index (χ1v) is 5.13. The summed E-state index contributed by atoms with van der Waals surface area (Å²) in [6.45, 7) is 6.20. The Balaban J connectivity index is 2.33. The number of pyridine rings is 1. The molecule has 1 aromatic heterocycles. The van der Waals surface area contributed by atoms with Crippen LogP contribution in [-0.2, 0) is 0 Å². The van der Waals surface area contributed by atoms with Crippen LogP contribution in [0.3, 0.4) is 0 Å². The molecule has 0 saturated carbocycles. The Bertz CT molecular complexity index is 275. The monoisotopic (exact) mass is 190 g/mol. The molecule has 0 aliphatic rings. The van der Waals surface area contributed by atoms with E-state index in [1.54, 1.807) is 0 Å². The third kappa shape index (κ3) is 4.19. The van der Waals surface area contributed by atoms with Crippen LogP contribution >= 0.6 is 0 Å². The highest BCUT2D eigenvalue weighted by Gasteiger charge is 1.86. The maximum Gasteiger partial charge on any atom is 0.0627 e. The molecular formula is C12H18N2. The topological polar surface area (TPSA) is 24.9 Å². The van der Waals surface area contributed by atoms with E-state index < -0.39 is 0 Å². The molecule has 0 radical (unpaired) electrons. The summed E-state index contributed by atoms with van der Waals surface area (Å²) in [5, 5.41) is 3.30. The number of aromatic nitrogens is 1. The van der Waals surface area contributed by atoms with E-state index in [4.69, 9.17) is 0 Å². The van der Waals surface area contributed by atoms with Crippen LogP contribution in [0.5, 0.6) is 0 Å². The summed E-state index contributed by atoms with van der Waals surface area (Å²) in [7, 11) is 0. The van der Waals surface area contributed by atoms with Gasteiger partial charge in [-0.2, -0.15) is 0 Å². The first kappa shape index (κ1) is 10.9. The van der Waals surface area contributed by atoms with Gasteiger partial charge in [0.1, 0.15) is 0 Å². The number of rotatable bonds is 5. The lowest BCUT2D eigenvalue weighted by Crippen LogP contribution is -2.13. The standard InChI is InChI=1S/C12H18N2/c1-3-8-13-9-4-5-12-7-6-11(2)10-14-12/h4-7,10,13H,3,8-9H2,1-2H3/b5-4+. The van der Waals surface area contributed by atoms with E-state index in [1.165, 1.54) is 12.0 Å². The van der Waals surface area contributed by atoms with E-state index in [2.05, 4.69) is 29.4 Å². The summed E-state index contributed by atoms with van der Waals surface area (Å²) in [6, 6.07) is 4.11. The molecule has 0 spiro atoms. The predicted molar refractivity (Wildman–Crippen MR) is 61.2 cm³/mol. The van der Waals surface area contributed by atoms with Crippen molar-refractivity contribution < 1.29 is 0 Å². The lowest BCUT2D eigenvalue weighted by atomic mass is 10.2. The second-order valence-electron chi connectivity index (χ2n) is 3.37. The molecule has 0 amide bonds. The summed E-state index contributed by atoms with van der Waals surface area (Å²) in [5.41, 5.74) is 2.22. The Hall–Kier alpha value is -1.15. The normalized spacial score (nSPS) is 11.0. The van der Waals surface area contributed by atoms with Crippen molar-refractivity contribution in [3.8, 4) is 0 Å². The van der Waals surface area contributed by atoms with Crippen molar-refractivity contribution in [2.75, 3.05) is 13.1 Å². The minimum absolute atomic E-state index is 0.920. The van der Waals surface area contributed by atoms with E-state index in [0.29, 0.717) is 0 Å². The molecule has 0 aliphatic carbocycles. The molecule has 0 aromatic carbocycles. The van der Waals surface area contributed by atoms with E-state index in [-0.39, 0.29) is 0 Å². The lowest BCUT2D eigenvalue weighted by molar-refractivity contribution is 0.730. The van der Waals surface area contributed by atoms with Gasteiger partial charge in [-0.25, -0.2) is 0 Å². The zero-order valence-corrected chi connectivity index (χ0v) is 8.96. The minimum Gasteiger partial charge on any atom is -0.313 e. The van der Waals surface area contributed by atoms with Gasteiger partial charge in [0.2, 0.25) is 0 Å². The molecule has 1 N–H and O–H groups in total. The molecule has 1 heterocycles. The quantitative estimate of drug-likeness (QED) is 0.721. The second kappa shape index (κ2) is 6.33. The molecule has 0 aliphatic heterocycles. The Morgan fingerprint density at radius 1 is 1.43 bits per heavy atom. The van der Waals surface area contributed by atoms with Gasteiger partial charge in [0.25, 0.3) is 0 Å². The Morgan fingerprint density at radius 2 is 2.29 bits per heavy atom. The van der Waals surface area contributed by atoms with Gasteiger partial charge < -0.3 is 5.32 Å². The summed E-state index contributed by atoms with van der Waals surface area (Å²) in [6.07, 6.45) is 7.21.